The molecule has 1 heterocycles. The van der Waals surface area contributed by atoms with Gasteiger partial charge in [-0.25, -0.2) is 4.68 Å². The molecule has 7 heteroatoms. The van der Waals surface area contributed by atoms with Crippen LogP contribution in [0.2, 0.25) is 5.02 Å². The predicted molar refractivity (Wildman–Crippen MR) is 88.2 cm³/mol. The molecule has 118 valence electrons. The topological polar surface area (TPSA) is 46.2 Å². The maximum Gasteiger partial charge on any atom is 0.199 e. The number of aromatic nitrogens is 3. The average molecular weight is 339 g/mol. The van der Waals surface area contributed by atoms with Crippen molar-refractivity contribution in [3.05, 3.63) is 45.4 Å². The second-order valence-electron chi connectivity index (χ2n) is 5.74. The molecule has 1 N–H and O–H groups in total. The van der Waals surface area contributed by atoms with Crippen molar-refractivity contribution < 1.29 is 5.11 Å². The van der Waals surface area contributed by atoms with E-state index in [2.05, 4.69) is 10.00 Å². The van der Waals surface area contributed by atoms with E-state index in [1.165, 1.54) is 5.56 Å². The fourth-order valence-electron chi connectivity index (χ4n) is 2.54. The van der Waals surface area contributed by atoms with Crippen LogP contribution < -0.4 is 0 Å². The molecule has 2 aromatic rings. The molecular formula is C15H19ClN4OS. The molecule has 1 fully saturated rings. The molecular weight excluding hydrogens is 320 g/mol. The van der Waals surface area contributed by atoms with E-state index in [0.717, 1.165) is 24.4 Å². The summed E-state index contributed by atoms with van der Waals surface area (Å²) >= 11 is 11.4. The second kappa shape index (κ2) is 6.50. The van der Waals surface area contributed by atoms with Crippen LogP contribution >= 0.6 is 23.8 Å². The highest BCUT2D eigenvalue weighted by Crippen LogP contribution is 2.36. The summed E-state index contributed by atoms with van der Waals surface area (Å²) in [5, 5.41) is 14.6. The zero-order chi connectivity index (χ0) is 15.7. The smallest absolute Gasteiger partial charge is 0.199 e. The second-order valence-corrected chi connectivity index (χ2v) is 6.54. The highest BCUT2D eigenvalue weighted by molar-refractivity contribution is 7.71. The fourth-order valence-corrected chi connectivity index (χ4v) is 3.02. The summed E-state index contributed by atoms with van der Waals surface area (Å²) in [6, 6.07) is 8.23. The molecule has 0 amide bonds. The van der Waals surface area contributed by atoms with Gasteiger partial charge in [-0.2, -0.15) is 5.10 Å². The summed E-state index contributed by atoms with van der Waals surface area (Å²) in [7, 11) is 2.02. The summed E-state index contributed by atoms with van der Waals surface area (Å²) in [6.07, 6.45) is 2.24. The minimum Gasteiger partial charge on any atom is -0.388 e. The Morgan fingerprint density at radius 3 is 2.64 bits per heavy atom. The van der Waals surface area contributed by atoms with E-state index in [-0.39, 0.29) is 6.61 Å². The molecule has 0 spiro atoms. The number of aliphatic hydroxyl groups is 1. The van der Waals surface area contributed by atoms with Crippen molar-refractivity contribution in [2.75, 3.05) is 7.05 Å². The number of nitrogens with zero attached hydrogens (tertiary/aromatic N) is 4. The first-order valence-electron chi connectivity index (χ1n) is 7.30. The van der Waals surface area contributed by atoms with E-state index in [0.29, 0.717) is 23.3 Å². The minimum absolute atomic E-state index is 0.0754. The summed E-state index contributed by atoms with van der Waals surface area (Å²) in [6.45, 7) is 1.30. The van der Waals surface area contributed by atoms with Gasteiger partial charge >= 0.3 is 0 Å². The van der Waals surface area contributed by atoms with Crippen molar-refractivity contribution in [1.82, 2.24) is 19.2 Å². The number of hydrogen-bond donors (Lipinski definition) is 1. The summed E-state index contributed by atoms with van der Waals surface area (Å²) in [5.74, 6) is 0.660. The molecule has 0 saturated heterocycles. The molecule has 0 atom stereocenters. The number of rotatable bonds is 6. The molecule has 0 unspecified atom stereocenters. The highest BCUT2D eigenvalue weighted by Gasteiger charge is 2.28. The number of halogens is 1. The van der Waals surface area contributed by atoms with Gasteiger partial charge in [0.25, 0.3) is 0 Å². The fraction of sp³-hybridized carbons (Fsp3) is 0.467. The zero-order valence-electron chi connectivity index (χ0n) is 12.4. The van der Waals surface area contributed by atoms with Gasteiger partial charge in [0.05, 0.1) is 6.67 Å². The van der Waals surface area contributed by atoms with Gasteiger partial charge in [0, 0.05) is 17.6 Å². The molecule has 1 aromatic heterocycles. The molecule has 0 aliphatic heterocycles. The molecule has 1 aromatic carbocycles. The van der Waals surface area contributed by atoms with Gasteiger partial charge < -0.3 is 5.11 Å². The van der Waals surface area contributed by atoms with Crippen LogP contribution in [-0.4, -0.2) is 31.4 Å². The van der Waals surface area contributed by atoms with E-state index in [1.807, 2.05) is 35.9 Å². The van der Waals surface area contributed by atoms with Gasteiger partial charge in [0.2, 0.25) is 0 Å². The van der Waals surface area contributed by atoms with Crippen LogP contribution in [0.3, 0.4) is 0 Å². The SMILES string of the molecule is CN(Cc1ccc(Cl)cc1)Cn1nc(CO)n(C2CC2)c1=S. The van der Waals surface area contributed by atoms with Crippen molar-refractivity contribution in [3.8, 4) is 0 Å². The maximum atomic E-state index is 9.46. The summed E-state index contributed by atoms with van der Waals surface area (Å²) in [5.41, 5.74) is 1.18. The Hall–Kier alpha value is -1.21. The molecule has 0 radical (unpaired) electrons. The number of hydrogen-bond acceptors (Lipinski definition) is 4. The first-order chi connectivity index (χ1) is 10.6. The largest absolute Gasteiger partial charge is 0.388 e. The normalized spacial score (nSPS) is 14.7. The van der Waals surface area contributed by atoms with Crippen LogP contribution in [0.5, 0.6) is 0 Å². The van der Waals surface area contributed by atoms with Gasteiger partial charge in [-0.15, -0.1) is 0 Å². The van der Waals surface area contributed by atoms with Crippen LogP contribution in [0.4, 0.5) is 0 Å². The zero-order valence-corrected chi connectivity index (χ0v) is 14.0. The lowest BCUT2D eigenvalue weighted by Gasteiger charge is -2.16. The third kappa shape index (κ3) is 3.41. The van der Waals surface area contributed by atoms with Gasteiger partial charge in [0.15, 0.2) is 10.6 Å². The Kier molecular flexibility index (Phi) is 4.63. The Morgan fingerprint density at radius 2 is 2.05 bits per heavy atom. The summed E-state index contributed by atoms with van der Waals surface area (Å²) in [4.78, 5) is 2.13. The van der Waals surface area contributed by atoms with Crippen molar-refractivity contribution in [2.24, 2.45) is 0 Å². The average Bonchev–Trinajstić information content (AvgIpc) is 3.28. The molecule has 0 bridgehead atoms. The van der Waals surface area contributed by atoms with Crippen LogP contribution in [0.15, 0.2) is 24.3 Å². The monoisotopic (exact) mass is 338 g/mol. The lowest BCUT2D eigenvalue weighted by molar-refractivity contribution is 0.238. The molecule has 3 rings (SSSR count). The molecule has 1 aliphatic carbocycles. The summed E-state index contributed by atoms with van der Waals surface area (Å²) < 4.78 is 4.47. The molecule has 22 heavy (non-hydrogen) atoms. The Bertz CT molecular complexity index is 705. The lowest BCUT2D eigenvalue weighted by atomic mass is 10.2. The van der Waals surface area contributed by atoms with E-state index < -0.39 is 0 Å². The third-order valence-corrected chi connectivity index (χ3v) is 4.40. The van der Waals surface area contributed by atoms with Crippen LogP contribution in [0.25, 0.3) is 0 Å². The van der Waals surface area contributed by atoms with Gasteiger partial charge in [-0.3, -0.25) is 9.47 Å². The highest BCUT2D eigenvalue weighted by atomic mass is 35.5. The van der Waals surface area contributed by atoms with Crippen molar-refractivity contribution in [2.45, 2.75) is 38.7 Å². The van der Waals surface area contributed by atoms with E-state index in [4.69, 9.17) is 23.8 Å². The van der Waals surface area contributed by atoms with Crippen molar-refractivity contribution in [3.63, 3.8) is 0 Å². The Labute approximate surface area is 139 Å². The van der Waals surface area contributed by atoms with Crippen molar-refractivity contribution in [1.29, 1.82) is 0 Å². The Balaban J connectivity index is 1.72. The molecule has 1 saturated carbocycles. The van der Waals surface area contributed by atoms with Crippen LogP contribution in [0.1, 0.15) is 30.3 Å². The first-order valence-corrected chi connectivity index (χ1v) is 8.09. The number of benzene rings is 1. The lowest BCUT2D eigenvalue weighted by Crippen LogP contribution is -2.22. The van der Waals surface area contributed by atoms with Crippen LogP contribution in [0, 0.1) is 4.77 Å². The third-order valence-electron chi connectivity index (χ3n) is 3.74. The van der Waals surface area contributed by atoms with Gasteiger partial charge in [-0.1, -0.05) is 23.7 Å². The quantitative estimate of drug-likeness (QED) is 0.822. The van der Waals surface area contributed by atoms with Gasteiger partial charge in [-0.05, 0) is 49.8 Å². The van der Waals surface area contributed by atoms with Crippen molar-refractivity contribution >= 4 is 23.8 Å². The van der Waals surface area contributed by atoms with Crippen LogP contribution in [-0.2, 0) is 19.8 Å². The number of aliphatic hydroxyl groups excluding tert-OH is 1. The standard InChI is InChI=1S/C15H19ClN4OS/c1-18(8-11-2-4-12(16)5-3-11)10-19-15(22)20(13-6-7-13)14(9-21)17-19/h2-5,13,21H,6-10H2,1H3. The predicted octanol–water partition coefficient (Wildman–Crippen LogP) is 2.98. The maximum absolute atomic E-state index is 9.46. The van der Waals surface area contributed by atoms with E-state index >= 15 is 0 Å². The van der Waals surface area contributed by atoms with E-state index in [9.17, 15) is 5.11 Å². The Morgan fingerprint density at radius 1 is 1.36 bits per heavy atom. The minimum atomic E-state index is -0.0754. The first kappa shape index (κ1) is 15.7. The van der Waals surface area contributed by atoms with Gasteiger partial charge in [0.1, 0.15) is 6.61 Å². The molecule has 5 nitrogen and oxygen atoms in total. The molecule has 1 aliphatic rings. The van der Waals surface area contributed by atoms with E-state index in [1.54, 1.807) is 4.68 Å².